The van der Waals surface area contributed by atoms with Gasteiger partial charge in [-0.05, 0) is 50.8 Å². The van der Waals surface area contributed by atoms with Gasteiger partial charge in [0.25, 0.3) is 5.56 Å². The van der Waals surface area contributed by atoms with Crippen molar-refractivity contribution in [2.45, 2.75) is 46.2 Å². The highest BCUT2D eigenvalue weighted by atomic mass is 16.2. The summed E-state index contributed by atoms with van der Waals surface area (Å²) in [7, 11) is 1.77. The van der Waals surface area contributed by atoms with Crippen molar-refractivity contribution in [2.24, 2.45) is 0 Å². The normalized spacial score (nSPS) is 17.5. The minimum atomic E-state index is -0.345. The standard InChI is InChI=1S/C22H27N7O2/c1-6-16-11-28(5)22(31)29(16)21-25-14(4)24-20(27-21)23-13(3)17-10-15-9-12(2)7-8-18(15)26-19(17)30/h7-10,13,16H,6,11H2,1-5H3,(H,26,30)(H,23,24,25,27)/t13-,16-/m0/s1. The fourth-order valence-corrected chi connectivity index (χ4v) is 3.95. The number of rotatable bonds is 5. The number of pyridine rings is 1. The number of H-pyrrole nitrogens is 1. The molecule has 2 N–H and O–H groups in total. The number of amides is 2. The number of carbonyl (C=O) groups is 1. The van der Waals surface area contributed by atoms with Gasteiger partial charge in [-0.1, -0.05) is 18.6 Å². The highest BCUT2D eigenvalue weighted by Gasteiger charge is 2.37. The van der Waals surface area contributed by atoms with Crippen molar-refractivity contribution in [3.63, 3.8) is 0 Å². The summed E-state index contributed by atoms with van der Waals surface area (Å²) in [6, 6.07) is 7.34. The smallest absolute Gasteiger partial charge is 0.327 e. The Labute approximate surface area is 180 Å². The van der Waals surface area contributed by atoms with E-state index in [0.29, 0.717) is 29.8 Å². The lowest BCUT2D eigenvalue weighted by Crippen LogP contribution is -2.36. The monoisotopic (exact) mass is 421 g/mol. The number of carbonyl (C=O) groups excluding carboxylic acids is 1. The van der Waals surface area contributed by atoms with Crippen LogP contribution in [0.5, 0.6) is 0 Å². The van der Waals surface area contributed by atoms with E-state index in [1.165, 1.54) is 0 Å². The highest BCUT2D eigenvalue weighted by molar-refractivity contribution is 5.93. The predicted octanol–water partition coefficient (Wildman–Crippen LogP) is 3.15. The number of aromatic amines is 1. The van der Waals surface area contributed by atoms with Gasteiger partial charge in [-0.2, -0.15) is 15.0 Å². The van der Waals surface area contributed by atoms with Crippen molar-refractivity contribution in [1.82, 2.24) is 24.8 Å². The molecular weight excluding hydrogens is 394 g/mol. The summed E-state index contributed by atoms with van der Waals surface area (Å²) < 4.78 is 0. The van der Waals surface area contributed by atoms with Crippen LogP contribution in [-0.2, 0) is 0 Å². The SMILES string of the molecule is CC[C@H]1CN(C)C(=O)N1c1nc(C)nc(N[C@@H](C)c2cc3cc(C)ccc3[nH]c2=O)n1. The predicted molar refractivity (Wildman–Crippen MR) is 120 cm³/mol. The summed E-state index contributed by atoms with van der Waals surface area (Å²) >= 11 is 0. The molecule has 162 valence electrons. The number of aryl methyl sites for hydroxylation is 2. The average Bonchev–Trinajstić information content (AvgIpc) is 3.01. The Kier molecular flexibility index (Phi) is 5.34. The summed E-state index contributed by atoms with van der Waals surface area (Å²) in [6.07, 6.45) is 0.797. The molecule has 4 rings (SSSR count). The number of benzene rings is 1. The Hall–Kier alpha value is -3.49. The van der Waals surface area contributed by atoms with Gasteiger partial charge in [0.05, 0.1) is 12.1 Å². The lowest BCUT2D eigenvalue weighted by atomic mass is 10.1. The Morgan fingerprint density at radius 2 is 1.97 bits per heavy atom. The quantitative estimate of drug-likeness (QED) is 0.655. The first-order valence-corrected chi connectivity index (χ1v) is 10.4. The third kappa shape index (κ3) is 3.95. The van der Waals surface area contributed by atoms with Crippen LogP contribution in [-0.4, -0.2) is 50.5 Å². The maximum Gasteiger partial charge on any atom is 0.327 e. The number of anilines is 2. The topological polar surface area (TPSA) is 107 Å². The van der Waals surface area contributed by atoms with E-state index in [0.717, 1.165) is 22.9 Å². The number of urea groups is 1. The molecule has 0 radical (unpaired) electrons. The van der Waals surface area contributed by atoms with E-state index in [4.69, 9.17) is 0 Å². The number of hydrogen-bond acceptors (Lipinski definition) is 6. The second-order valence-electron chi connectivity index (χ2n) is 8.11. The molecule has 9 heteroatoms. The van der Waals surface area contributed by atoms with Crippen LogP contribution in [0.4, 0.5) is 16.7 Å². The van der Waals surface area contributed by atoms with E-state index >= 15 is 0 Å². The molecule has 2 amide bonds. The number of nitrogens with one attached hydrogen (secondary N) is 2. The zero-order chi connectivity index (χ0) is 22.3. The van der Waals surface area contributed by atoms with Crippen LogP contribution in [0, 0.1) is 13.8 Å². The minimum absolute atomic E-state index is 0.0103. The molecule has 3 aromatic rings. The van der Waals surface area contributed by atoms with Gasteiger partial charge in [0, 0.05) is 24.7 Å². The molecule has 31 heavy (non-hydrogen) atoms. The number of hydrogen-bond donors (Lipinski definition) is 2. The van der Waals surface area contributed by atoms with Crippen LogP contribution in [0.15, 0.2) is 29.1 Å². The Morgan fingerprint density at radius 1 is 1.19 bits per heavy atom. The van der Waals surface area contributed by atoms with Gasteiger partial charge in [0.15, 0.2) is 0 Å². The van der Waals surface area contributed by atoms with E-state index in [2.05, 4.69) is 25.3 Å². The molecule has 0 saturated carbocycles. The lowest BCUT2D eigenvalue weighted by Gasteiger charge is -2.21. The fourth-order valence-electron chi connectivity index (χ4n) is 3.95. The zero-order valence-electron chi connectivity index (χ0n) is 18.4. The van der Waals surface area contributed by atoms with E-state index < -0.39 is 0 Å². The van der Waals surface area contributed by atoms with Crippen LogP contribution in [0.3, 0.4) is 0 Å². The molecule has 0 unspecified atom stereocenters. The van der Waals surface area contributed by atoms with E-state index in [1.807, 2.05) is 45.0 Å². The molecule has 1 aliphatic rings. The summed E-state index contributed by atoms with van der Waals surface area (Å²) in [5.74, 6) is 1.15. The number of fused-ring (bicyclic) bond motifs is 1. The minimum Gasteiger partial charge on any atom is -0.347 e. The molecule has 0 aliphatic carbocycles. The summed E-state index contributed by atoms with van der Waals surface area (Å²) in [4.78, 5) is 44.8. The Bertz CT molecular complexity index is 1210. The van der Waals surface area contributed by atoms with Gasteiger partial charge in [-0.15, -0.1) is 0 Å². The molecule has 2 atom stereocenters. The molecular formula is C22H27N7O2. The lowest BCUT2D eigenvalue weighted by molar-refractivity contribution is 0.229. The number of aromatic nitrogens is 4. The molecule has 1 fully saturated rings. The number of nitrogens with zero attached hydrogens (tertiary/aromatic N) is 5. The molecule has 0 spiro atoms. The van der Waals surface area contributed by atoms with Crippen molar-refractivity contribution < 1.29 is 4.79 Å². The van der Waals surface area contributed by atoms with E-state index in [9.17, 15) is 9.59 Å². The van der Waals surface area contributed by atoms with Crippen LogP contribution in [0.2, 0.25) is 0 Å². The van der Waals surface area contributed by atoms with Gasteiger partial charge in [0.1, 0.15) is 5.82 Å². The van der Waals surface area contributed by atoms with Crippen molar-refractivity contribution in [3.05, 3.63) is 51.6 Å². The second-order valence-corrected chi connectivity index (χ2v) is 8.11. The van der Waals surface area contributed by atoms with Gasteiger partial charge in [0.2, 0.25) is 11.9 Å². The third-order valence-electron chi connectivity index (χ3n) is 5.65. The van der Waals surface area contributed by atoms with Crippen LogP contribution in [0.1, 0.15) is 43.3 Å². The summed E-state index contributed by atoms with van der Waals surface area (Å²) in [6.45, 7) is 8.33. The maximum absolute atomic E-state index is 12.6. The third-order valence-corrected chi connectivity index (χ3v) is 5.65. The van der Waals surface area contributed by atoms with Crippen molar-refractivity contribution in [1.29, 1.82) is 0 Å². The summed E-state index contributed by atoms with van der Waals surface area (Å²) in [5, 5.41) is 4.17. The van der Waals surface area contributed by atoms with Crippen molar-refractivity contribution >= 4 is 28.8 Å². The number of likely N-dealkylation sites (N-methyl/N-ethyl adjacent to an activating group) is 1. The first kappa shape index (κ1) is 20.8. The van der Waals surface area contributed by atoms with Gasteiger partial charge >= 0.3 is 6.03 Å². The van der Waals surface area contributed by atoms with Gasteiger partial charge in [-0.3, -0.25) is 9.69 Å². The average molecular weight is 422 g/mol. The molecule has 2 aromatic heterocycles. The second kappa shape index (κ2) is 7.98. The highest BCUT2D eigenvalue weighted by Crippen LogP contribution is 2.25. The molecule has 9 nitrogen and oxygen atoms in total. The molecule has 0 bridgehead atoms. The zero-order valence-corrected chi connectivity index (χ0v) is 18.4. The largest absolute Gasteiger partial charge is 0.347 e. The van der Waals surface area contributed by atoms with E-state index in [-0.39, 0.29) is 23.7 Å². The Morgan fingerprint density at radius 3 is 2.71 bits per heavy atom. The van der Waals surface area contributed by atoms with Crippen LogP contribution in [0.25, 0.3) is 10.9 Å². The first-order chi connectivity index (χ1) is 14.8. The molecule has 1 saturated heterocycles. The van der Waals surface area contributed by atoms with Crippen molar-refractivity contribution in [2.75, 3.05) is 23.8 Å². The van der Waals surface area contributed by atoms with Crippen LogP contribution >= 0.6 is 0 Å². The van der Waals surface area contributed by atoms with Crippen molar-refractivity contribution in [3.8, 4) is 0 Å². The van der Waals surface area contributed by atoms with Gasteiger partial charge in [-0.25, -0.2) is 4.79 Å². The molecule has 1 aliphatic heterocycles. The molecule has 1 aromatic carbocycles. The van der Waals surface area contributed by atoms with Crippen LogP contribution < -0.4 is 15.8 Å². The maximum atomic E-state index is 12.6. The van der Waals surface area contributed by atoms with E-state index in [1.54, 1.807) is 23.8 Å². The fraction of sp³-hybridized carbons (Fsp3) is 0.409. The van der Waals surface area contributed by atoms with Gasteiger partial charge < -0.3 is 15.2 Å². The Balaban J connectivity index is 1.66. The first-order valence-electron chi connectivity index (χ1n) is 10.4. The molecule has 3 heterocycles. The summed E-state index contributed by atoms with van der Waals surface area (Å²) in [5.41, 5.74) is 2.34.